The van der Waals surface area contributed by atoms with Gasteiger partial charge in [-0.25, -0.2) is 0 Å². The van der Waals surface area contributed by atoms with Crippen LogP contribution in [-0.4, -0.2) is 16.5 Å². The highest BCUT2D eigenvalue weighted by atomic mass is 16.6. The Morgan fingerprint density at radius 3 is 2.24 bits per heavy atom. The van der Waals surface area contributed by atoms with Crippen LogP contribution in [0, 0.1) is 10.1 Å². The molecule has 21 heavy (non-hydrogen) atoms. The third kappa shape index (κ3) is 1.40. The molecule has 0 heterocycles. The maximum absolute atomic E-state index is 12.1. The number of carbonyl (C=O) groups is 2. The maximum Gasteiger partial charge on any atom is 0.281 e. The number of rotatable bonds is 1. The topological polar surface area (TPSA) is 77.3 Å². The average molecular weight is 277 g/mol. The van der Waals surface area contributed by atoms with E-state index in [4.69, 9.17) is 0 Å². The number of hydrogen-bond acceptors (Lipinski definition) is 4. The van der Waals surface area contributed by atoms with Crippen molar-refractivity contribution in [3.05, 3.63) is 68.8 Å². The molecule has 2 aliphatic carbocycles. The van der Waals surface area contributed by atoms with Crippen LogP contribution in [0.3, 0.4) is 0 Å². The second-order valence-electron chi connectivity index (χ2n) is 4.96. The Morgan fingerprint density at radius 1 is 0.810 bits per heavy atom. The van der Waals surface area contributed by atoms with Gasteiger partial charge in [0.2, 0.25) is 0 Å². The zero-order valence-electron chi connectivity index (χ0n) is 10.6. The molecule has 2 aromatic carbocycles. The number of hydrogen-bond donors (Lipinski definition) is 0. The Morgan fingerprint density at radius 2 is 1.48 bits per heavy atom. The molecule has 0 aliphatic heterocycles. The molecule has 0 aromatic heterocycles. The van der Waals surface area contributed by atoms with E-state index < -0.39 is 10.7 Å². The van der Waals surface area contributed by atoms with E-state index in [9.17, 15) is 19.7 Å². The van der Waals surface area contributed by atoms with Gasteiger partial charge in [-0.1, -0.05) is 12.1 Å². The minimum Gasteiger partial charge on any atom is -0.289 e. The highest BCUT2D eigenvalue weighted by Gasteiger charge is 2.30. The predicted octanol–water partition coefficient (Wildman–Crippen LogP) is 2.86. The number of nitrogens with zero attached hydrogens (tertiary/aromatic N) is 1. The fraction of sp³-hybridized carbons (Fsp3) is 0. The van der Waals surface area contributed by atoms with Crippen molar-refractivity contribution in [1.29, 1.82) is 0 Å². The number of nitro groups is 1. The molecule has 0 fully saturated rings. The lowest BCUT2D eigenvalue weighted by Gasteiger charge is -2.18. The summed E-state index contributed by atoms with van der Waals surface area (Å²) in [5.74, 6) is -0.559. The Kier molecular flexibility index (Phi) is 2.08. The summed E-state index contributed by atoms with van der Waals surface area (Å²) in [6.07, 6.45) is 4.18. The Bertz CT molecular complexity index is 950. The summed E-state index contributed by atoms with van der Waals surface area (Å²) < 4.78 is 0. The molecule has 5 heteroatoms. The zero-order chi connectivity index (χ0) is 14.7. The van der Waals surface area contributed by atoms with Gasteiger partial charge in [0.1, 0.15) is 0 Å². The van der Waals surface area contributed by atoms with Crippen LogP contribution < -0.4 is 0 Å². The number of ketones is 2. The van der Waals surface area contributed by atoms with Crippen LogP contribution in [0.5, 0.6) is 0 Å². The standard InChI is InChI=1S/C16H7NO4/c18-13-6-2-8-1-3-11-14(19)7-12(17(20)21)9-4-5-10(13)15(8)16(9)11/h1-7H. The van der Waals surface area contributed by atoms with Gasteiger partial charge in [-0.15, -0.1) is 0 Å². The molecule has 5 nitrogen and oxygen atoms in total. The molecule has 100 valence electrons. The first-order chi connectivity index (χ1) is 10.1. The molecule has 0 saturated heterocycles. The molecule has 0 atom stereocenters. The van der Waals surface area contributed by atoms with E-state index >= 15 is 0 Å². The number of allylic oxidation sites excluding steroid dienone is 2. The second-order valence-corrected chi connectivity index (χ2v) is 4.96. The van der Waals surface area contributed by atoms with Gasteiger partial charge in [0.05, 0.1) is 16.6 Å². The minimum absolute atomic E-state index is 0.157. The fourth-order valence-electron chi connectivity index (χ4n) is 2.97. The lowest BCUT2D eigenvalue weighted by Crippen LogP contribution is -2.13. The van der Waals surface area contributed by atoms with Crippen LogP contribution in [-0.2, 0) is 0 Å². The quantitative estimate of drug-likeness (QED) is 0.593. The molecule has 0 unspecified atom stereocenters. The third-order valence-corrected chi connectivity index (χ3v) is 3.88. The summed E-state index contributed by atoms with van der Waals surface area (Å²) >= 11 is 0. The van der Waals surface area contributed by atoms with Gasteiger partial charge in [-0.3, -0.25) is 19.7 Å². The highest BCUT2D eigenvalue weighted by molar-refractivity contribution is 6.27. The number of benzene rings is 2. The zero-order valence-corrected chi connectivity index (χ0v) is 10.6. The monoisotopic (exact) mass is 277 g/mol. The van der Waals surface area contributed by atoms with Crippen molar-refractivity contribution >= 4 is 34.1 Å². The molecule has 0 spiro atoms. The van der Waals surface area contributed by atoms with Crippen LogP contribution in [0.15, 0.2) is 36.4 Å². The molecular formula is C16H7NO4. The van der Waals surface area contributed by atoms with Crippen molar-refractivity contribution in [2.75, 3.05) is 0 Å². The fourth-order valence-corrected chi connectivity index (χ4v) is 2.97. The first-order valence-corrected chi connectivity index (χ1v) is 6.31. The molecule has 4 rings (SSSR count). The van der Waals surface area contributed by atoms with Crippen LogP contribution in [0.2, 0.25) is 0 Å². The van der Waals surface area contributed by atoms with Crippen molar-refractivity contribution in [3.63, 3.8) is 0 Å². The average Bonchev–Trinajstić information content (AvgIpc) is 2.48. The molecule has 0 saturated carbocycles. The van der Waals surface area contributed by atoms with E-state index in [-0.39, 0.29) is 11.5 Å². The first-order valence-electron chi connectivity index (χ1n) is 6.31. The lowest BCUT2D eigenvalue weighted by atomic mass is 9.83. The number of carbonyl (C=O) groups excluding carboxylic acids is 2. The van der Waals surface area contributed by atoms with E-state index in [0.29, 0.717) is 27.5 Å². The van der Waals surface area contributed by atoms with E-state index in [0.717, 1.165) is 11.6 Å². The molecule has 2 aliphatic rings. The maximum atomic E-state index is 12.1. The largest absolute Gasteiger partial charge is 0.289 e. The van der Waals surface area contributed by atoms with Crippen LogP contribution in [0.1, 0.15) is 31.8 Å². The summed E-state index contributed by atoms with van der Waals surface area (Å²) in [6.45, 7) is 0. The minimum atomic E-state index is -0.564. The summed E-state index contributed by atoms with van der Waals surface area (Å²) in [6, 6.07) is 6.55. The SMILES string of the molecule is O=C1C=Cc2ccc3c4c(ccc1c24)C([N+](=O)[O-])=CC3=O. The molecule has 2 aromatic rings. The van der Waals surface area contributed by atoms with Crippen molar-refractivity contribution in [2.45, 2.75) is 0 Å². The van der Waals surface area contributed by atoms with Crippen molar-refractivity contribution < 1.29 is 14.5 Å². The van der Waals surface area contributed by atoms with Gasteiger partial charge in [0.25, 0.3) is 5.70 Å². The van der Waals surface area contributed by atoms with Gasteiger partial charge >= 0.3 is 0 Å². The second kappa shape index (κ2) is 3.73. The van der Waals surface area contributed by atoms with Gasteiger partial charge in [-0.05, 0) is 29.8 Å². The first kappa shape index (κ1) is 11.7. The van der Waals surface area contributed by atoms with E-state index in [1.54, 1.807) is 30.3 Å². The van der Waals surface area contributed by atoms with Gasteiger partial charge in [0.15, 0.2) is 11.6 Å². The summed E-state index contributed by atoms with van der Waals surface area (Å²) in [7, 11) is 0. The van der Waals surface area contributed by atoms with Crippen molar-refractivity contribution in [3.8, 4) is 0 Å². The highest BCUT2D eigenvalue weighted by Crippen LogP contribution is 2.38. The van der Waals surface area contributed by atoms with Crippen LogP contribution in [0.4, 0.5) is 0 Å². The lowest BCUT2D eigenvalue weighted by molar-refractivity contribution is -0.375. The van der Waals surface area contributed by atoms with E-state index in [2.05, 4.69) is 0 Å². The van der Waals surface area contributed by atoms with E-state index in [1.165, 1.54) is 6.08 Å². The van der Waals surface area contributed by atoms with Crippen LogP contribution >= 0.6 is 0 Å². The van der Waals surface area contributed by atoms with Gasteiger partial charge in [-0.2, -0.15) is 0 Å². The summed E-state index contributed by atoms with van der Waals surface area (Å²) in [4.78, 5) is 34.7. The van der Waals surface area contributed by atoms with Crippen molar-refractivity contribution in [1.82, 2.24) is 0 Å². The van der Waals surface area contributed by atoms with Gasteiger partial charge in [0, 0.05) is 21.9 Å². The Hall–Kier alpha value is -3.08. The third-order valence-electron chi connectivity index (χ3n) is 3.88. The normalized spacial score (nSPS) is 15.3. The predicted molar refractivity (Wildman–Crippen MR) is 76.6 cm³/mol. The molecule has 0 N–H and O–H groups in total. The molecule has 0 radical (unpaired) electrons. The molecular weight excluding hydrogens is 270 g/mol. The molecule has 0 amide bonds. The summed E-state index contributed by atoms with van der Waals surface area (Å²) in [5, 5.41) is 12.3. The Balaban J connectivity index is 2.24. The van der Waals surface area contributed by atoms with Gasteiger partial charge < -0.3 is 0 Å². The van der Waals surface area contributed by atoms with Crippen LogP contribution in [0.25, 0.3) is 22.5 Å². The van der Waals surface area contributed by atoms with Crippen molar-refractivity contribution in [2.24, 2.45) is 0 Å². The smallest absolute Gasteiger partial charge is 0.281 e. The molecule has 0 bridgehead atoms. The summed E-state index contributed by atoms with van der Waals surface area (Å²) in [5.41, 5.74) is 1.84. The van der Waals surface area contributed by atoms with E-state index in [1.807, 2.05) is 0 Å². The Labute approximate surface area is 118 Å².